The van der Waals surface area contributed by atoms with Crippen molar-refractivity contribution < 1.29 is 0 Å². The Bertz CT molecular complexity index is 1240. The minimum absolute atomic E-state index is 0.0532. The average molecular weight is 464 g/mol. The quantitative estimate of drug-likeness (QED) is 0.386. The molecule has 1 N–H and O–H groups in total. The molecule has 9 heteroatoms. The number of rotatable bonds is 10. The largest absolute Gasteiger partial charge is 0.318 e. The Morgan fingerprint density at radius 3 is 2.58 bits per heavy atom. The van der Waals surface area contributed by atoms with Gasteiger partial charge in [0.2, 0.25) is 0 Å². The number of hydrogen-bond donors (Lipinski definition) is 1. The first-order valence-corrected chi connectivity index (χ1v) is 12.0. The van der Waals surface area contributed by atoms with Crippen LogP contribution in [-0.2, 0) is 13.1 Å². The second kappa shape index (κ2) is 10.7. The molecule has 1 unspecified atom stereocenters. The molecule has 3 aromatic heterocycles. The van der Waals surface area contributed by atoms with Crippen LogP contribution in [0.2, 0.25) is 0 Å². The van der Waals surface area contributed by atoms with Gasteiger partial charge in [0.25, 0.3) is 5.56 Å². The molecule has 0 bridgehead atoms. The molecule has 0 saturated heterocycles. The van der Waals surface area contributed by atoms with E-state index < -0.39 is 0 Å². The van der Waals surface area contributed by atoms with E-state index in [-0.39, 0.29) is 11.6 Å². The molecule has 0 aliphatic carbocycles. The third kappa shape index (κ3) is 5.32. The zero-order valence-electron chi connectivity index (χ0n) is 19.2. The third-order valence-corrected chi connectivity index (χ3v) is 6.39. The number of thiazole rings is 1. The molecule has 0 radical (unpaired) electrons. The molecule has 0 aliphatic rings. The van der Waals surface area contributed by atoms with Crippen LogP contribution in [0.4, 0.5) is 0 Å². The van der Waals surface area contributed by atoms with E-state index in [0.29, 0.717) is 23.4 Å². The molecule has 1 aromatic carbocycles. The summed E-state index contributed by atoms with van der Waals surface area (Å²) in [5, 5.41) is 3.25. The van der Waals surface area contributed by atoms with Crippen LogP contribution in [0.15, 0.2) is 53.0 Å². The fourth-order valence-electron chi connectivity index (χ4n) is 3.98. The molecule has 33 heavy (non-hydrogen) atoms. The molecule has 1 atom stereocenters. The third-order valence-electron chi connectivity index (χ3n) is 5.67. The van der Waals surface area contributed by atoms with Crippen LogP contribution in [0, 0.1) is 6.92 Å². The lowest BCUT2D eigenvalue weighted by atomic mass is 10.1. The Hall–Kier alpha value is -3.01. The molecule has 3 heterocycles. The molecule has 0 amide bonds. The fraction of sp³-hybridized carbons (Fsp3) is 0.375. The average Bonchev–Trinajstić information content (AvgIpc) is 3.31. The molecule has 8 nitrogen and oxygen atoms in total. The van der Waals surface area contributed by atoms with Gasteiger partial charge in [0, 0.05) is 37.6 Å². The molecular formula is C24H29N7OS. The van der Waals surface area contributed by atoms with Gasteiger partial charge in [0.05, 0.1) is 18.1 Å². The van der Waals surface area contributed by atoms with E-state index in [1.807, 2.05) is 56.7 Å². The summed E-state index contributed by atoms with van der Waals surface area (Å²) in [6.07, 6.45) is 4.55. The van der Waals surface area contributed by atoms with Crippen LogP contribution in [0.1, 0.15) is 42.2 Å². The lowest BCUT2D eigenvalue weighted by Gasteiger charge is -2.32. The van der Waals surface area contributed by atoms with Gasteiger partial charge in [-0.3, -0.25) is 14.3 Å². The van der Waals surface area contributed by atoms with Gasteiger partial charge in [0.1, 0.15) is 11.6 Å². The molecule has 0 aliphatic heterocycles. The van der Waals surface area contributed by atoms with E-state index >= 15 is 0 Å². The Morgan fingerprint density at radius 2 is 1.88 bits per heavy atom. The van der Waals surface area contributed by atoms with Gasteiger partial charge in [-0.05, 0) is 26.0 Å². The predicted octanol–water partition coefficient (Wildman–Crippen LogP) is 3.17. The van der Waals surface area contributed by atoms with E-state index in [1.165, 1.54) is 11.3 Å². The number of aryl methyl sites for hydroxylation is 1. The number of aromatic nitrogens is 5. The highest BCUT2D eigenvalue weighted by Crippen LogP contribution is 2.26. The van der Waals surface area contributed by atoms with E-state index in [2.05, 4.69) is 32.1 Å². The standard InChI is InChI=1S/C24H29N7OS/c1-4-20(30(11-10-25-3)14-19-12-26-17(2)27-13-19)22-29-23-21(28-16-33-23)24(32)31(22)15-18-8-6-5-7-9-18/h5-9,12-13,16,20,25H,4,10-11,14-15H2,1-3H3. The topological polar surface area (TPSA) is 88.8 Å². The van der Waals surface area contributed by atoms with Crippen molar-refractivity contribution in [3.63, 3.8) is 0 Å². The first-order chi connectivity index (χ1) is 16.1. The first kappa shape index (κ1) is 23.2. The molecule has 172 valence electrons. The number of benzene rings is 1. The van der Waals surface area contributed by atoms with Gasteiger partial charge >= 0.3 is 0 Å². The van der Waals surface area contributed by atoms with E-state index in [1.54, 1.807) is 10.1 Å². The van der Waals surface area contributed by atoms with Crippen molar-refractivity contribution in [2.24, 2.45) is 0 Å². The van der Waals surface area contributed by atoms with Crippen LogP contribution in [0.3, 0.4) is 0 Å². The molecule has 4 rings (SSSR count). The number of hydrogen-bond acceptors (Lipinski definition) is 8. The summed E-state index contributed by atoms with van der Waals surface area (Å²) in [5.74, 6) is 1.52. The summed E-state index contributed by atoms with van der Waals surface area (Å²) < 4.78 is 1.80. The highest BCUT2D eigenvalue weighted by Gasteiger charge is 2.26. The monoisotopic (exact) mass is 463 g/mol. The predicted molar refractivity (Wildman–Crippen MR) is 131 cm³/mol. The number of likely N-dealkylation sites (N-methyl/N-ethyl adjacent to an activating group) is 1. The first-order valence-electron chi connectivity index (χ1n) is 11.1. The molecule has 0 spiro atoms. The summed E-state index contributed by atoms with van der Waals surface area (Å²) in [6.45, 7) is 6.76. The highest BCUT2D eigenvalue weighted by molar-refractivity contribution is 7.16. The van der Waals surface area contributed by atoms with Crippen molar-refractivity contribution in [1.82, 2.24) is 34.7 Å². The Labute approximate surface area is 197 Å². The van der Waals surface area contributed by atoms with Gasteiger partial charge in [-0.1, -0.05) is 37.3 Å². The lowest BCUT2D eigenvalue weighted by molar-refractivity contribution is 0.172. The van der Waals surface area contributed by atoms with Crippen molar-refractivity contribution in [3.05, 3.63) is 81.4 Å². The molecule has 0 fully saturated rings. The minimum atomic E-state index is -0.0919. The highest BCUT2D eigenvalue weighted by atomic mass is 32.1. The van der Waals surface area contributed by atoms with Gasteiger partial charge in [-0.25, -0.2) is 19.9 Å². The fourth-order valence-corrected chi connectivity index (χ4v) is 4.63. The summed E-state index contributed by atoms with van der Waals surface area (Å²) in [6, 6.07) is 9.97. The second-order valence-electron chi connectivity index (χ2n) is 7.99. The van der Waals surface area contributed by atoms with Crippen LogP contribution >= 0.6 is 11.3 Å². The Kier molecular flexibility index (Phi) is 7.54. The maximum atomic E-state index is 13.5. The van der Waals surface area contributed by atoms with Gasteiger partial charge in [0.15, 0.2) is 10.3 Å². The van der Waals surface area contributed by atoms with Gasteiger partial charge < -0.3 is 5.32 Å². The summed E-state index contributed by atoms with van der Waals surface area (Å²) in [5.41, 5.74) is 4.12. The van der Waals surface area contributed by atoms with Crippen molar-refractivity contribution in [1.29, 1.82) is 0 Å². The van der Waals surface area contributed by atoms with Crippen LogP contribution in [-0.4, -0.2) is 49.5 Å². The van der Waals surface area contributed by atoms with Crippen molar-refractivity contribution >= 4 is 21.7 Å². The van der Waals surface area contributed by atoms with Crippen molar-refractivity contribution in [3.8, 4) is 0 Å². The number of nitrogens with zero attached hydrogens (tertiary/aromatic N) is 6. The van der Waals surface area contributed by atoms with Crippen LogP contribution in [0.25, 0.3) is 10.3 Å². The summed E-state index contributed by atoms with van der Waals surface area (Å²) in [4.78, 5) is 34.5. The molecule has 4 aromatic rings. The maximum absolute atomic E-state index is 13.5. The van der Waals surface area contributed by atoms with Crippen LogP contribution < -0.4 is 10.9 Å². The van der Waals surface area contributed by atoms with E-state index in [4.69, 9.17) is 4.98 Å². The summed E-state index contributed by atoms with van der Waals surface area (Å²) >= 11 is 1.41. The zero-order chi connectivity index (χ0) is 23.2. The molecule has 0 saturated carbocycles. The van der Waals surface area contributed by atoms with Crippen molar-refractivity contribution in [2.45, 2.75) is 39.4 Å². The van der Waals surface area contributed by atoms with Gasteiger partial charge in [-0.2, -0.15) is 0 Å². The van der Waals surface area contributed by atoms with Crippen molar-refractivity contribution in [2.75, 3.05) is 20.1 Å². The van der Waals surface area contributed by atoms with E-state index in [9.17, 15) is 4.79 Å². The minimum Gasteiger partial charge on any atom is -0.318 e. The smallest absolute Gasteiger partial charge is 0.281 e. The number of nitrogens with one attached hydrogen (secondary N) is 1. The molecular weight excluding hydrogens is 434 g/mol. The zero-order valence-corrected chi connectivity index (χ0v) is 20.0. The van der Waals surface area contributed by atoms with Gasteiger partial charge in [-0.15, -0.1) is 11.3 Å². The van der Waals surface area contributed by atoms with Crippen LogP contribution in [0.5, 0.6) is 0 Å². The normalized spacial score (nSPS) is 12.5. The second-order valence-corrected chi connectivity index (χ2v) is 8.82. The Morgan fingerprint density at radius 1 is 1.12 bits per heavy atom. The Balaban J connectivity index is 1.78. The van der Waals surface area contributed by atoms with E-state index in [0.717, 1.165) is 42.3 Å². The lowest BCUT2D eigenvalue weighted by Crippen LogP contribution is -2.38. The maximum Gasteiger partial charge on any atom is 0.281 e. The summed E-state index contributed by atoms with van der Waals surface area (Å²) in [7, 11) is 1.95. The SMILES string of the molecule is CCC(c1nc2scnc2c(=O)n1Cc1ccccc1)N(CCNC)Cc1cnc(C)nc1. The number of fused-ring (bicyclic) bond motifs is 1.